The van der Waals surface area contributed by atoms with E-state index in [9.17, 15) is 4.79 Å². The van der Waals surface area contributed by atoms with Gasteiger partial charge in [-0.05, 0) is 24.3 Å². The van der Waals surface area contributed by atoms with Crippen LogP contribution in [0.25, 0.3) is 0 Å². The van der Waals surface area contributed by atoms with E-state index in [1.807, 2.05) is 5.38 Å². The molecule has 1 amide bonds. The van der Waals surface area contributed by atoms with E-state index in [4.69, 9.17) is 5.73 Å². The maximum atomic E-state index is 12.0. The molecular formula is C13H22N2OS. The highest BCUT2D eigenvalue weighted by Crippen LogP contribution is 2.19. The lowest BCUT2D eigenvalue weighted by molar-refractivity contribution is 0.0937. The smallest absolute Gasteiger partial charge is 0.263 e. The second-order valence-electron chi connectivity index (χ2n) is 4.31. The minimum atomic E-state index is -0.0212. The Kier molecular flexibility index (Phi) is 6.05. The molecule has 17 heavy (non-hydrogen) atoms. The van der Waals surface area contributed by atoms with Crippen LogP contribution in [-0.4, -0.2) is 11.9 Å². The maximum absolute atomic E-state index is 12.0. The summed E-state index contributed by atoms with van der Waals surface area (Å²) < 4.78 is 0. The number of anilines is 1. The summed E-state index contributed by atoms with van der Waals surface area (Å²) in [6.07, 6.45) is 5.51. The molecule has 1 heterocycles. The summed E-state index contributed by atoms with van der Waals surface area (Å²) in [5.74, 6) is -0.0212. The van der Waals surface area contributed by atoms with Gasteiger partial charge in [0.1, 0.15) is 4.88 Å². The molecule has 1 atom stereocenters. The monoisotopic (exact) mass is 254 g/mol. The van der Waals surface area contributed by atoms with Gasteiger partial charge in [-0.25, -0.2) is 0 Å². The Balaban J connectivity index is 2.54. The Labute approximate surface area is 107 Å². The van der Waals surface area contributed by atoms with Crippen LogP contribution in [-0.2, 0) is 0 Å². The molecule has 0 spiro atoms. The Morgan fingerprint density at radius 1 is 1.41 bits per heavy atom. The second-order valence-corrected chi connectivity index (χ2v) is 5.22. The van der Waals surface area contributed by atoms with Crippen LogP contribution in [0.15, 0.2) is 11.4 Å². The Morgan fingerprint density at radius 3 is 2.71 bits per heavy atom. The molecule has 0 saturated heterocycles. The van der Waals surface area contributed by atoms with Crippen molar-refractivity contribution in [3.63, 3.8) is 0 Å². The summed E-state index contributed by atoms with van der Waals surface area (Å²) in [4.78, 5) is 12.6. The predicted octanol–water partition coefficient (Wildman–Crippen LogP) is 3.42. The number of hydrogen-bond donors (Lipinski definition) is 2. The summed E-state index contributed by atoms with van der Waals surface area (Å²) in [6.45, 7) is 4.31. The highest BCUT2D eigenvalue weighted by molar-refractivity contribution is 7.12. The van der Waals surface area contributed by atoms with Crippen LogP contribution < -0.4 is 11.1 Å². The van der Waals surface area contributed by atoms with E-state index < -0.39 is 0 Å². The highest BCUT2D eigenvalue weighted by Gasteiger charge is 2.15. The van der Waals surface area contributed by atoms with E-state index in [1.165, 1.54) is 11.3 Å². The molecule has 4 heteroatoms. The van der Waals surface area contributed by atoms with E-state index in [0.29, 0.717) is 10.6 Å². The van der Waals surface area contributed by atoms with Gasteiger partial charge in [-0.2, -0.15) is 0 Å². The molecule has 0 bridgehead atoms. The summed E-state index contributed by atoms with van der Waals surface area (Å²) in [5.41, 5.74) is 6.32. The first-order valence-corrected chi connectivity index (χ1v) is 7.20. The zero-order chi connectivity index (χ0) is 12.7. The van der Waals surface area contributed by atoms with Crippen molar-refractivity contribution in [1.82, 2.24) is 5.32 Å². The lowest BCUT2D eigenvalue weighted by Crippen LogP contribution is -2.34. The van der Waals surface area contributed by atoms with E-state index in [0.717, 1.165) is 32.1 Å². The normalized spacial score (nSPS) is 12.4. The molecule has 1 aromatic rings. The number of carbonyl (C=O) groups excluding carboxylic acids is 1. The van der Waals surface area contributed by atoms with Gasteiger partial charge in [-0.3, -0.25) is 4.79 Å². The van der Waals surface area contributed by atoms with Gasteiger partial charge in [0.2, 0.25) is 0 Å². The van der Waals surface area contributed by atoms with Crippen LogP contribution >= 0.6 is 11.3 Å². The largest absolute Gasteiger partial charge is 0.397 e. The van der Waals surface area contributed by atoms with E-state index in [2.05, 4.69) is 19.2 Å². The number of nitrogens with one attached hydrogen (secondary N) is 1. The van der Waals surface area contributed by atoms with Gasteiger partial charge >= 0.3 is 0 Å². The first-order chi connectivity index (χ1) is 8.19. The van der Waals surface area contributed by atoms with Crippen molar-refractivity contribution in [3.8, 4) is 0 Å². The lowest BCUT2D eigenvalue weighted by atomic mass is 10.1. The fourth-order valence-electron chi connectivity index (χ4n) is 1.84. The number of unbranched alkanes of at least 4 members (excludes halogenated alkanes) is 1. The SMILES string of the molecule is CCCCC(CCC)NC(=O)c1sccc1N. The van der Waals surface area contributed by atoms with Gasteiger partial charge < -0.3 is 11.1 Å². The van der Waals surface area contributed by atoms with Gasteiger partial charge in [-0.1, -0.05) is 33.1 Å². The molecule has 1 rings (SSSR count). The third kappa shape index (κ3) is 4.38. The maximum Gasteiger partial charge on any atom is 0.263 e. The molecule has 0 aliphatic heterocycles. The topological polar surface area (TPSA) is 55.1 Å². The molecule has 1 aromatic heterocycles. The number of hydrogen-bond acceptors (Lipinski definition) is 3. The quantitative estimate of drug-likeness (QED) is 0.783. The van der Waals surface area contributed by atoms with Crippen LogP contribution in [0.3, 0.4) is 0 Å². The zero-order valence-electron chi connectivity index (χ0n) is 10.7. The van der Waals surface area contributed by atoms with Gasteiger partial charge in [0.15, 0.2) is 0 Å². The molecule has 0 aromatic carbocycles. The summed E-state index contributed by atoms with van der Waals surface area (Å²) in [7, 11) is 0. The van der Waals surface area contributed by atoms with Crippen molar-refractivity contribution in [1.29, 1.82) is 0 Å². The molecule has 0 fully saturated rings. The summed E-state index contributed by atoms with van der Waals surface area (Å²) in [5, 5.41) is 4.94. The number of carbonyl (C=O) groups is 1. The van der Waals surface area contributed by atoms with E-state index in [-0.39, 0.29) is 11.9 Å². The van der Waals surface area contributed by atoms with Crippen molar-refractivity contribution in [3.05, 3.63) is 16.3 Å². The molecule has 96 valence electrons. The van der Waals surface area contributed by atoms with Crippen LogP contribution in [0, 0.1) is 0 Å². The molecular weight excluding hydrogens is 232 g/mol. The first-order valence-electron chi connectivity index (χ1n) is 6.32. The zero-order valence-corrected chi connectivity index (χ0v) is 11.5. The molecule has 1 unspecified atom stereocenters. The van der Waals surface area contributed by atoms with Gasteiger partial charge in [0, 0.05) is 6.04 Å². The molecule has 0 saturated carbocycles. The van der Waals surface area contributed by atoms with Gasteiger partial charge in [0.05, 0.1) is 5.69 Å². The Morgan fingerprint density at radius 2 is 2.18 bits per heavy atom. The number of rotatable bonds is 7. The molecule has 3 N–H and O–H groups in total. The summed E-state index contributed by atoms with van der Waals surface area (Å²) >= 11 is 1.40. The number of nitrogen functional groups attached to an aromatic ring is 1. The van der Waals surface area contributed by atoms with Crippen molar-refractivity contribution < 1.29 is 4.79 Å². The molecule has 3 nitrogen and oxygen atoms in total. The Bertz CT molecular complexity index is 349. The third-order valence-electron chi connectivity index (χ3n) is 2.78. The first kappa shape index (κ1) is 14.0. The van der Waals surface area contributed by atoms with Crippen molar-refractivity contribution >= 4 is 22.9 Å². The van der Waals surface area contributed by atoms with Crippen LogP contribution in [0.4, 0.5) is 5.69 Å². The van der Waals surface area contributed by atoms with Crippen molar-refractivity contribution in [2.45, 2.75) is 52.0 Å². The Hall–Kier alpha value is -1.03. The number of amides is 1. The fraction of sp³-hybridized carbons (Fsp3) is 0.615. The average molecular weight is 254 g/mol. The standard InChI is InChI=1S/C13H22N2OS/c1-3-5-7-10(6-4-2)15-13(16)12-11(14)8-9-17-12/h8-10H,3-7,14H2,1-2H3,(H,15,16). The summed E-state index contributed by atoms with van der Waals surface area (Å²) in [6, 6.07) is 2.06. The van der Waals surface area contributed by atoms with Gasteiger partial charge in [-0.15, -0.1) is 11.3 Å². The van der Waals surface area contributed by atoms with Crippen LogP contribution in [0.1, 0.15) is 55.6 Å². The third-order valence-corrected chi connectivity index (χ3v) is 3.71. The van der Waals surface area contributed by atoms with E-state index in [1.54, 1.807) is 6.07 Å². The van der Waals surface area contributed by atoms with Crippen molar-refractivity contribution in [2.75, 3.05) is 5.73 Å². The van der Waals surface area contributed by atoms with Gasteiger partial charge in [0.25, 0.3) is 5.91 Å². The number of thiophene rings is 1. The fourth-order valence-corrected chi connectivity index (χ4v) is 2.56. The molecule has 0 aliphatic rings. The highest BCUT2D eigenvalue weighted by atomic mass is 32.1. The van der Waals surface area contributed by atoms with Crippen LogP contribution in [0.2, 0.25) is 0 Å². The average Bonchev–Trinajstić information content (AvgIpc) is 2.72. The van der Waals surface area contributed by atoms with Crippen LogP contribution in [0.5, 0.6) is 0 Å². The van der Waals surface area contributed by atoms with E-state index >= 15 is 0 Å². The lowest BCUT2D eigenvalue weighted by Gasteiger charge is -2.17. The molecule has 0 aliphatic carbocycles. The predicted molar refractivity (Wildman–Crippen MR) is 74.4 cm³/mol. The minimum Gasteiger partial charge on any atom is -0.397 e. The van der Waals surface area contributed by atoms with Crippen molar-refractivity contribution in [2.24, 2.45) is 0 Å². The number of nitrogens with two attached hydrogens (primary N) is 1. The second kappa shape index (κ2) is 7.33. The molecule has 0 radical (unpaired) electrons. The minimum absolute atomic E-state index is 0.0212.